The topological polar surface area (TPSA) is 67.8 Å². The quantitative estimate of drug-likeness (QED) is 0.772. The molecule has 1 amide bonds. The molecule has 0 heterocycles. The Labute approximate surface area is 126 Å². The van der Waals surface area contributed by atoms with Crippen molar-refractivity contribution in [1.29, 1.82) is 0 Å². The van der Waals surface area contributed by atoms with E-state index in [1.54, 1.807) is 32.2 Å². The van der Waals surface area contributed by atoms with Crippen LogP contribution < -0.4 is 14.8 Å². The van der Waals surface area contributed by atoms with E-state index in [-0.39, 0.29) is 12.5 Å². The van der Waals surface area contributed by atoms with Crippen LogP contribution in [0.3, 0.4) is 0 Å². The summed E-state index contributed by atoms with van der Waals surface area (Å²) < 4.78 is 10.6. The first kappa shape index (κ1) is 17.3. The van der Waals surface area contributed by atoms with Crippen LogP contribution in [0.4, 0.5) is 0 Å². The highest BCUT2D eigenvalue weighted by Gasteiger charge is 2.12. The number of amides is 1. The van der Waals surface area contributed by atoms with E-state index in [0.29, 0.717) is 29.5 Å². The van der Waals surface area contributed by atoms with Crippen LogP contribution in [-0.2, 0) is 4.79 Å². The van der Waals surface area contributed by atoms with Gasteiger partial charge in [0, 0.05) is 18.2 Å². The molecule has 0 aliphatic rings. The SMILES string of the molecule is COc1ccc([C@H](C)O)c(OCC(=O)NCCC(C)C)c1. The van der Waals surface area contributed by atoms with Crippen molar-refractivity contribution in [3.8, 4) is 11.5 Å². The molecule has 118 valence electrons. The van der Waals surface area contributed by atoms with Gasteiger partial charge in [-0.05, 0) is 31.4 Å². The van der Waals surface area contributed by atoms with Crippen molar-refractivity contribution in [2.45, 2.75) is 33.3 Å². The van der Waals surface area contributed by atoms with Crippen LogP contribution in [0, 0.1) is 5.92 Å². The van der Waals surface area contributed by atoms with E-state index < -0.39 is 6.10 Å². The van der Waals surface area contributed by atoms with Crippen molar-refractivity contribution in [3.05, 3.63) is 23.8 Å². The number of hydrogen-bond acceptors (Lipinski definition) is 4. The molecule has 0 radical (unpaired) electrons. The van der Waals surface area contributed by atoms with E-state index in [0.717, 1.165) is 6.42 Å². The number of rotatable bonds is 8. The second kappa shape index (κ2) is 8.52. The zero-order valence-electron chi connectivity index (χ0n) is 13.2. The van der Waals surface area contributed by atoms with Gasteiger partial charge in [-0.15, -0.1) is 0 Å². The van der Waals surface area contributed by atoms with Gasteiger partial charge in [0.05, 0.1) is 13.2 Å². The molecule has 0 aromatic heterocycles. The second-order valence-corrected chi connectivity index (χ2v) is 5.40. The van der Waals surface area contributed by atoms with Gasteiger partial charge in [0.25, 0.3) is 5.91 Å². The Morgan fingerprint density at radius 1 is 1.33 bits per heavy atom. The minimum absolute atomic E-state index is 0.0784. The maximum atomic E-state index is 11.7. The molecule has 1 rings (SSSR count). The summed E-state index contributed by atoms with van der Waals surface area (Å²) in [6, 6.07) is 5.15. The number of hydrogen-bond donors (Lipinski definition) is 2. The largest absolute Gasteiger partial charge is 0.497 e. The molecule has 0 saturated carbocycles. The number of ether oxygens (including phenoxy) is 2. The van der Waals surface area contributed by atoms with Crippen molar-refractivity contribution in [1.82, 2.24) is 5.32 Å². The van der Waals surface area contributed by atoms with Crippen LogP contribution >= 0.6 is 0 Å². The maximum absolute atomic E-state index is 11.7. The van der Waals surface area contributed by atoms with Gasteiger partial charge in [0.15, 0.2) is 6.61 Å². The molecule has 2 N–H and O–H groups in total. The van der Waals surface area contributed by atoms with Crippen molar-refractivity contribution < 1.29 is 19.4 Å². The molecule has 21 heavy (non-hydrogen) atoms. The third-order valence-electron chi connectivity index (χ3n) is 3.07. The van der Waals surface area contributed by atoms with E-state index in [1.165, 1.54) is 0 Å². The number of nitrogens with one attached hydrogen (secondary N) is 1. The first-order valence-electron chi connectivity index (χ1n) is 7.19. The van der Waals surface area contributed by atoms with Gasteiger partial charge in [-0.1, -0.05) is 13.8 Å². The summed E-state index contributed by atoms with van der Waals surface area (Å²) >= 11 is 0. The average Bonchev–Trinajstić information content (AvgIpc) is 2.44. The summed E-state index contributed by atoms with van der Waals surface area (Å²) in [5, 5.41) is 12.5. The van der Waals surface area contributed by atoms with Crippen molar-refractivity contribution >= 4 is 5.91 Å². The Morgan fingerprint density at radius 2 is 2.05 bits per heavy atom. The molecule has 0 unspecified atom stereocenters. The predicted molar refractivity (Wildman–Crippen MR) is 81.6 cm³/mol. The van der Waals surface area contributed by atoms with Crippen molar-refractivity contribution in [3.63, 3.8) is 0 Å². The lowest BCUT2D eigenvalue weighted by atomic mass is 10.1. The molecule has 1 aromatic carbocycles. The van der Waals surface area contributed by atoms with E-state index in [1.807, 2.05) is 0 Å². The van der Waals surface area contributed by atoms with Crippen LogP contribution in [0.15, 0.2) is 18.2 Å². The van der Waals surface area contributed by atoms with Gasteiger partial charge in [-0.2, -0.15) is 0 Å². The van der Waals surface area contributed by atoms with Gasteiger partial charge in [0.1, 0.15) is 11.5 Å². The fourth-order valence-corrected chi connectivity index (χ4v) is 1.81. The van der Waals surface area contributed by atoms with E-state index in [2.05, 4.69) is 19.2 Å². The first-order valence-corrected chi connectivity index (χ1v) is 7.19. The summed E-state index contributed by atoms with van der Waals surface area (Å²) in [6.07, 6.45) is 0.263. The Bertz CT molecular complexity index is 458. The molecule has 0 aliphatic carbocycles. The Hall–Kier alpha value is -1.75. The van der Waals surface area contributed by atoms with Crippen molar-refractivity contribution in [2.75, 3.05) is 20.3 Å². The van der Waals surface area contributed by atoms with Crippen LogP contribution in [0.1, 0.15) is 38.9 Å². The molecule has 0 bridgehead atoms. The number of methoxy groups -OCH3 is 1. The molecule has 1 atom stereocenters. The number of carbonyl (C=O) groups is 1. The number of benzene rings is 1. The number of carbonyl (C=O) groups excluding carboxylic acids is 1. The lowest BCUT2D eigenvalue weighted by molar-refractivity contribution is -0.123. The zero-order chi connectivity index (χ0) is 15.8. The molecular weight excluding hydrogens is 270 g/mol. The molecule has 0 aliphatic heterocycles. The highest BCUT2D eigenvalue weighted by Crippen LogP contribution is 2.29. The highest BCUT2D eigenvalue weighted by molar-refractivity contribution is 5.77. The Morgan fingerprint density at radius 3 is 2.62 bits per heavy atom. The molecule has 5 nitrogen and oxygen atoms in total. The number of aliphatic hydroxyl groups excluding tert-OH is 1. The second-order valence-electron chi connectivity index (χ2n) is 5.40. The standard InChI is InChI=1S/C16H25NO4/c1-11(2)7-8-17-16(19)10-21-15-9-13(20-4)5-6-14(15)12(3)18/h5-6,9,11-12,18H,7-8,10H2,1-4H3,(H,17,19)/t12-/m0/s1. The van der Waals surface area contributed by atoms with Crippen LogP contribution in [0.25, 0.3) is 0 Å². The smallest absolute Gasteiger partial charge is 0.257 e. The van der Waals surface area contributed by atoms with Gasteiger partial charge < -0.3 is 19.9 Å². The molecule has 0 fully saturated rings. The summed E-state index contributed by atoms with van der Waals surface area (Å²) in [6.45, 7) is 6.42. The zero-order valence-corrected chi connectivity index (χ0v) is 13.2. The van der Waals surface area contributed by atoms with E-state index in [4.69, 9.17) is 9.47 Å². The Balaban J connectivity index is 2.59. The van der Waals surface area contributed by atoms with Crippen LogP contribution in [0.2, 0.25) is 0 Å². The van der Waals surface area contributed by atoms with Crippen LogP contribution in [0.5, 0.6) is 11.5 Å². The van der Waals surface area contributed by atoms with Gasteiger partial charge in [-0.3, -0.25) is 4.79 Å². The molecule has 1 aromatic rings. The third kappa shape index (κ3) is 6.04. The minimum Gasteiger partial charge on any atom is -0.497 e. The van der Waals surface area contributed by atoms with Crippen LogP contribution in [-0.4, -0.2) is 31.3 Å². The lowest BCUT2D eigenvalue weighted by Crippen LogP contribution is -2.30. The highest BCUT2D eigenvalue weighted by atomic mass is 16.5. The maximum Gasteiger partial charge on any atom is 0.257 e. The predicted octanol–water partition coefficient (Wildman–Crippen LogP) is 2.29. The van der Waals surface area contributed by atoms with Gasteiger partial charge >= 0.3 is 0 Å². The summed E-state index contributed by atoms with van der Waals surface area (Å²) in [7, 11) is 1.56. The fourth-order valence-electron chi connectivity index (χ4n) is 1.81. The average molecular weight is 295 g/mol. The van der Waals surface area contributed by atoms with E-state index >= 15 is 0 Å². The van der Waals surface area contributed by atoms with Gasteiger partial charge in [-0.25, -0.2) is 0 Å². The van der Waals surface area contributed by atoms with Gasteiger partial charge in [0.2, 0.25) is 0 Å². The Kier molecular flexibility index (Phi) is 7.02. The summed E-state index contributed by atoms with van der Waals surface area (Å²) in [5.41, 5.74) is 0.630. The summed E-state index contributed by atoms with van der Waals surface area (Å²) in [5.74, 6) is 1.46. The normalized spacial score (nSPS) is 12.1. The molecule has 0 saturated heterocycles. The van der Waals surface area contributed by atoms with E-state index in [9.17, 15) is 9.90 Å². The summed E-state index contributed by atoms with van der Waals surface area (Å²) in [4.78, 5) is 11.7. The molecule has 0 spiro atoms. The third-order valence-corrected chi connectivity index (χ3v) is 3.07. The molecule has 5 heteroatoms. The molecular formula is C16H25NO4. The van der Waals surface area contributed by atoms with Crippen molar-refractivity contribution in [2.24, 2.45) is 5.92 Å². The fraction of sp³-hybridized carbons (Fsp3) is 0.562. The number of aliphatic hydroxyl groups is 1. The minimum atomic E-state index is -0.671. The first-order chi connectivity index (χ1) is 9.93. The monoisotopic (exact) mass is 295 g/mol. The lowest BCUT2D eigenvalue weighted by Gasteiger charge is -2.15.